The van der Waals surface area contributed by atoms with E-state index in [-0.39, 0.29) is 24.5 Å². The predicted octanol–water partition coefficient (Wildman–Crippen LogP) is 2.98. The number of nitrogen functional groups attached to an aromatic ring is 1. The molecule has 5 N–H and O–H groups in total. The maximum atomic E-state index is 15.3. The summed E-state index contributed by atoms with van der Waals surface area (Å²) in [7, 11) is 0. The van der Waals surface area contributed by atoms with Crippen LogP contribution in [-0.2, 0) is 0 Å². The average molecular weight is 444 g/mol. The molecule has 168 valence electrons. The molecule has 32 heavy (non-hydrogen) atoms. The minimum absolute atomic E-state index is 0.0313. The third kappa shape index (κ3) is 4.11. The summed E-state index contributed by atoms with van der Waals surface area (Å²) in [6.07, 6.45) is 1.02. The van der Waals surface area contributed by atoms with E-state index >= 15 is 4.39 Å². The molecule has 0 aliphatic carbocycles. The molecule has 3 rings (SSSR count). The van der Waals surface area contributed by atoms with Crippen LogP contribution in [0.5, 0.6) is 0 Å². The second kappa shape index (κ2) is 9.04. The summed E-state index contributed by atoms with van der Waals surface area (Å²) < 4.78 is 31.5. The highest BCUT2D eigenvalue weighted by Crippen LogP contribution is 2.33. The number of hydrogen-bond donors (Lipinski definition) is 4. The van der Waals surface area contributed by atoms with Gasteiger partial charge in [-0.3, -0.25) is 9.59 Å². The number of pyridine rings is 1. The Morgan fingerprint density at radius 3 is 2.38 bits per heavy atom. The van der Waals surface area contributed by atoms with Gasteiger partial charge in [0.15, 0.2) is 11.6 Å². The van der Waals surface area contributed by atoms with E-state index in [1.165, 1.54) is 4.57 Å². The number of halogens is 2. The highest BCUT2D eigenvalue weighted by molar-refractivity contribution is 5.99. The lowest BCUT2D eigenvalue weighted by molar-refractivity contribution is 0.0694. The summed E-state index contributed by atoms with van der Waals surface area (Å²) >= 11 is 0. The molecule has 0 fully saturated rings. The number of fused-ring (bicyclic) bond motifs is 1. The number of amides is 1. The van der Waals surface area contributed by atoms with Crippen molar-refractivity contribution in [1.29, 1.82) is 0 Å². The minimum atomic E-state index is -1.53. The van der Waals surface area contributed by atoms with Crippen molar-refractivity contribution in [1.82, 2.24) is 9.88 Å². The number of rotatable bonds is 7. The molecule has 0 atom stereocenters. The number of anilines is 2. The first-order valence-corrected chi connectivity index (χ1v) is 9.80. The summed E-state index contributed by atoms with van der Waals surface area (Å²) in [5, 5.41) is 14.0. The van der Waals surface area contributed by atoms with Crippen molar-refractivity contribution in [3.8, 4) is 0 Å². The predicted molar refractivity (Wildman–Crippen MR) is 117 cm³/mol. The quantitative estimate of drug-likeness (QED) is 0.328. The lowest BCUT2D eigenvalue weighted by Crippen LogP contribution is -2.29. The first kappa shape index (κ1) is 22.7. The van der Waals surface area contributed by atoms with E-state index in [0.29, 0.717) is 5.56 Å². The van der Waals surface area contributed by atoms with Gasteiger partial charge in [0, 0.05) is 30.9 Å². The SMILES string of the molecule is CC(C)n1cc(C(=O)O)c(=O)c2c(N)c(F)c(NCCNC(=O)c3ccccc3)c(F)c21. The molecule has 0 saturated carbocycles. The number of carboxylic acids is 1. The molecule has 1 amide bonds. The van der Waals surface area contributed by atoms with Crippen LogP contribution < -0.4 is 21.8 Å². The van der Waals surface area contributed by atoms with Crippen molar-refractivity contribution in [3.63, 3.8) is 0 Å². The zero-order valence-electron chi connectivity index (χ0n) is 17.4. The van der Waals surface area contributed by atoms with Crippen LogP contribution in [0.2, 0.25) is 0 Å². The Hall–Kier alpha value is -3.95. The van der Waals surface area contributed by atoms with Gasteiger partial charge in [0.1, 0.15) is 11.3 Å². The van der Waals surface area contributed by atoms with Crippen LogP contribution in [0.1, 0.15) is 40.6 Å². The molecule has 1 heterocycles. The van der Waals surface area contributed by atoms with Gasteiger partial charge in [0.05, 0.1) is 16.6 Å². The summed E-state index contributed by atoms with van der Waals surface area (Å²) in [4.78, 5) is 36.1. The molecule has 0 radical (unpaired) electrons. The van der Waals surface area contributed by atoms with Crippen molar-refractivity contribution in [2.24, 2.45) is 0 Å². The summed E-state index contributed by atoms with van der Waals surface area (Å²) in [5.41, 5.74) is 3.01. The fourth-order valence-corrected chi connectivity index (χ4v) is 3.34. The number of carboxylic acid groups (broad SMARTS) is 1. The van der Waals surface area contributed by atoms with Crippen LogP contribution >= 0.6 is 0 Å². The van der Waals surface area contributed by atoms with E-state index < -0.39 is 51.4 Å². The van der Waals surface area contributed by atoms with Crippen molar-refractivity contribution in [2.75, 3.05) is 24.1 Å². The minimum Gasteiger partial charge on any atom is -0.477 e. The topological polar surface area (TPSA) is 126 Å². The fourth-order valence-electron chi connectivity index (χ4n) is 3.34. The number of carbonyl (C=O) groups is 2. The highest BCUT2D eigenvalue weighted by Gasteiger charge is 2.26. The maximum Gasteiger partial charge on any atom is 0.341 e. The Balaban J connectivity index is 1.95. The molecular formula is C22H22F2N4O4. The van der Waals surface area contributed by atoms with E-state index in [1.54, 1.807) is 44.2 Å². The van der Waals surface area contributed by atoms with Gasteiger partial charge in [0.25, 0.3) is 5.91 Å². The zero-order valence-corrected chi connectivity index (χ0v) is 17.4. The summed E-state index contributed by atoms with van der Waals surface area (Å²) in [6.45, 7) is 3.33. The third-order valence-corrected chi connectivity index (χ3v) is 4.92. The number of aromatic nitrogens is 1. The van der Waals surface area contributed by atoms with Crippen LogP contribution in [0.25, 0.3) is 10.9 Å². The van der Waals surface area contributed by atoms with E-state index in [2.05, 4.69) is 10.6 Å². The normalized spacial score (nSPS) is 11.0. The summed E-state index contributed by atoms with van der Waals surface area (Å²) in [6, 6.07) is 7.99. The van der Waals surface area contributed by atoms with Gasteiger partial charge in [0.2, 0.25) is 5.43 Å². The Kier molecular flexibility index (Phi) is 6.42. The number of aromatic carboxylic acids is 1. The van der Waals surface area contributed by atoms with Crippen LogP contribution in [-0.4, -0.2) is 34.6 Å². The Morgan fingerprint density at radius 1 is 1.12 bits per heavy atom. The third-order valence-electron chi connectivity index (χ3n) is 4.92. The molecule has 0 bridgehead atoms. The number of nitrogens with two attached hydrogens (primary N) is 1. The van der Waals surface area contributed by atoms with Crippen LogP contribution in [0, 0.1) is 11.6 Å². The van der Waals surface area contributed by atoms with Crippen molar-refractivity contribution >= 4 is 34.2 Å². The molecule has 0 aliphatic rings. The molecule has 8 nitrogen and oxygen atoms in total. The van der Waals surface area contributed by atoms with E-state index in [1.807, 2.05) is 0 Å². The van der Waals surface area contributed by atoms with Crippen LogP contribution in [0.15, 0.2) is 41.3 Å². The molecule has 10 heteroatoms. The standard InChI is InChI=1S/C22H22F2N4O4/c1-11(2)28-10-13(22(31)32)20(29)14-17(25)15(23)18(16(24)19(14)28)26-8-9-27-21(30)12-6-4-3-5-7-12/h3-7,10-11,26H,8-9,25H2,1-2H3,(H,27,30)(H,31,32). The van der Waals surface area contributed by atoms with E-state index in [0.717, 1.165) is 6.20 Å². The lowest BCUT2D eigenvalue weighted by atomic mass is 10.1. The Morgan fingerprint density at radius 2 is 1.78 bits per heavy atom. The molecule has 0 spiro atoms. The summed E-state index contributed by atoms with van der Waals surface area (Å²) in [5.74, 6) is -4.16. The molecule has 2 aromatic carbocycles. The van der Waals surface area contributed by atoms with E-state index in [4.69, 9.17) is 5.73 Å². The first-order valence-electron chi connectivity index (χ1n) is 9.80. The molecule has 3 aromatic rings. The fraction of sp³-hybridized carbons (Fsp3) is 0.227. The van der Waals surface area contributed by atoms with Gasteiger partial charge in [-0.15, -0.1) is 0 Å². The molecule has 0 unspecified atom stereocenters. The Labute approximate surface area is 181 Å². The molecular weight excluding hydrogens is 422 g/mol. The first-order chi connectivity index (χ1) is 15.1. The second-order valence-electron chi connectivity index (χ2n) is 7.37. The number of nitrogens with one attached hydrogen (secondary N) is 2. The van der Waals surface area contributed by atoms with Crippen molar-refractivity contribution in [2.45, 2.75) is 19.9 Å². The van der Waals surface area contributed by atoms with Crippen molar-refractivity contribution in [3.05, 3.63) is 69.5 Å². The van der Waals surface area contributed by atoms with Crippen LogP contribution in [0.4, 0.5) is 20.2 Å². The number of benzene rings is 2. The molecule has 1 aromatic heterocycles. The van der Waals surface area contributed by atoms with Gasteiger partial charge < -0.3 is 26.0 Å². The second-order valence-corrected chi connectivity index (χ2v) is 7.37. The number of hydrogen-bond acceptors (Lipinski definition) is 5. The molecule has 0 aliphatic heterocycles. The number of nitrogens with zero attached hydrogens (tertiary/aromatic N) is 1. The average Bonchev–Trinajstić information content (AvgIpc) is 2.76. The van der Waals surface area contributed by atoms with E-state index in [9.17, 15) is 23.9 Å². The van der Waals surface area contributed by atoms with Gasteiger partial charge in [-0.05, 0) is 26.0 Å². The lowest BCUT2D eigenvalue weighted by Gasteiger charge is -2.20. The van der Waals surface area contributed by atoms with Gasteiger partial charge >= 0.3 is 5.97 Å². The van der Waals surface area contributed by atoms with Gasteiger partial charge in [-0.2, -0.15) is 0 Å². The maximum absolute atomic E-state index is 15.3. The Bertz CT molecular complexity index is 1260. The van der Waals surface area contributed by atoms with Gasteiger partial charge in [-0.25, -0.2) is 13.6 Å². The molecule has 0 saturated heterocycles. The highest BCUT2D eigenvalue weighted by atomic mass is 19.1. The van der Waals surface area contributed by atoms with Gasteiger partial charge in [-0.1, -0.05) is 18.2 Å². The smallest absolute Gasteiger partial charge is 0.341 e. The largest absolute Gasteiger partial charge is 0.477 e. The van der Waals surface area contributed by atoms with Crippen molar-refractivity contribution < 1.29 is 23.5 Å². The number of carbonyl (C=O) groups excluding carboxylic acids is 1. The monoisotopic (exact) mass is 444 g/mol. The zero-order chi connectivity index (χ0) is 23.6. The van der Waals surface area contributed by atoms with Crippen LogP contribution in [0.3, 0.4) is 0 Å².